The van der Waals surface area contributed by atoms with Crippen molar-refractivity contribution in [2.75, 3.05) is 44.2 Å². The van der Waals surface area contributed by atoms with Gasteiger partial charge in [0.15, 0.2) is 5.76 Å². The fourth-order valence-corrected chi connectivity index (χ4v) is 4.31. The van der Waals surface area contributed by atoms with Crippen molar-refractivity contribution in [2.24, 2.45) is 0 Å². The molecule has 0 radical (unpaired) electrons. The lowest BCUT2D eigenvalue weighted by Gasteiger charge is -2.34. The Labute approximate surface area is 198 Å². The molecule has 0 saturated carbocycles. The number of piperazine rings is 1. The van der Waals surface area contributed by atoms with Crippen molar-refractivity contribution in [2.45, 2.75) is 33.1 Å². The van der Waals surface area contributed by atoms with Gasteiger partial charge in [-0.15, -0.1) is 0 Å². The van der Waals surface area contributed by atoms with E-state index in [0.717, 1.165) is 42.6 Å². The van der Waals surface area contributed by atoms with Crippen molar-refractivity contribution in [3.63, 3.8) is 0 Å². The quantitative estimate of drug-likeness (QED) is 0.472. The van der Waals surface area contributed by atoms with Gasteiger partial charge in [-0.1, -0.05) is 13.3 Å². The smallest absolute Gasteiger partial charge is 0.336 e. The van der Waals surface area contributed by atoms with Gasteiger partial charge in [-0.05, 0) is 43.2 Å². The van der Waals surface area contributed by atoms with E-state index in [4.69, 9.17) is 8.83 Å². The molecule has 34 heavy (non-hydrogen) atoms. The first-order valence-electron chi connectivity index (χ1n) is 11.9. The molecule has 1 aliphatic heterocycles. The van der Waals surface area contributed by atoms with E-state index in [1.165, 1.54) is 12.3 Å². The van der Waals surface area contributed by atoms with Crippen LogP contribution in [0.1, 0.15) is 42.3 Å². The number of hydrogen-bond acceptors (Lipinski definition) is 6. The Morgan fingerprint density at radius 1 is 1.09 bits per heavy atom. The molecule has 1 saturated heterocycles. The van der Waals surface area contributed by atoms with Crippen LogP contribution in [-0.2, 0) is 4.79 Å². The Kier molecular flexibility index (Phi) is 7.47. The largest absolute Gasteiger partial charge is 0.459 e. The highest BCUT2D eigenvalue weighted by Gasteiger charge is 2.25. The molecule has 3 heterocycles. The van der Waals surface area contributed by atoms with Crippen LogP contribution in [0.3, 0.4) is 0 Å². The highest BCUT2D eigenvalue weighted by Crippen LogP contribution is 2.24. The summed E-state index contributed by atoms with van der Waals surface area (Å²) in [5, 5.41) is 0.869. The topological polar surface area (TPSA) is 87.2 Å². The zero-order chi connectivity index (χ0) is 24.1. The van der Waals surface area contributed by atoms with Gasteiger partial charge in [-0.3, -0.25) is 14.5 Å². The average molecular weight is 466 g/mol. The second-order valence-electron chi connectivity index (χ2n) is 8.69. The second kappa shape index (κ2) is 10.7. The third-order valence-corrected chi connectivity index (χ3v) is 6.32. The third-order valence-electron chi connectivity index (χ3n) is 6.32. The number of fused-ring (bicyclic) bond motifs is 1. The number of carbonyl (C=O) groups excluding carboxylic acids is 2. The van der Waals surface area contributed by atoms with Gasteiger partial charge >= 0.3 is 5.63 Å². The lowest BCUT2D eigenvalue weighted by Crippen LogP contribution is -2.49. The number of carbonyl (C=O) groups is 2. The molecule has 1 aliphatic rings. The van der Waals surface area contributed by atoms with Crippen molar-refractivity contribution >= 4 is 28.5 Å². The number of nitrogens with zero attached hydrogens (tertiary/aromatic N) is 3. The third kappa shape index (κ3) is 5.39. The molecule has 0 atom stereocenters. The monoisotopic (exact) mass is 465 g/mol. The van der Waals surface area contributed by atoms with Gasteiger partial charge in [0.25, 0.3) is 5.91 Å². The van der Waals surface area contributed by atoms with E-state index in [9.17, 15) is 14.4 Å². The zero-order valence-corrected chi connectivity index (χ0v) is 19.8. The van der Waals surface area contributed by atoms with Crippen LogP contribution in [0.4, 0.5) is 5.69 Å². The van der Waals surface area contributed by atoms with E-state index in [0.29, 0.717) is 43.9 Å². The first kappa shape index (κ1) is 23.8. The lowest BCUT2D eigenvalue weighted by atomic mass is 10.1. The Morgan fingerprint density at radius 3 is 2.59 bits per heavy atom. The maximum absolute atomic E-state index is 13.2. The SMILES string of the molecule is CCCCN(C(=O)CCN1CCN(C(=O)c2ccco2)CC1)c1ccc2c(C)cc(=O)oc2c1. The van der Waals surface area contributed by atoms with Crippen LogP contribution in [0.5, 0.6) is 0 Å². The number of benzene rings is 1. The minimum atomic E-state index is -0.391. The summed E-state index contributed by atoms with van der Waals surface area (Å²) in [4.78, 5) is 43.3. The summed E-state index contributed by atoms with van der Waals surface area (Å²) in [6.07, 6.45) is 3.74. The Bertz CT molecular complexity index is 1190. The summed E-state index contributed by atoms with van der Waals surface area (Å²) < 4.78 is 10.6. The van der Waals surface area contributed by atoms with Crippen molar-refractivity contribution in [1.82, 2.24) is 9.80 Å². The number of hydrogen-bond donors (Lipinski definition) is 0. The number of rotatable bonds is 8. The lowest BCUT2D eigenvalue weighted by molar-refractivity contribution is -0.119. The molecule has 2 aromatic heterocycles. The Hall–Kier alpha value is -3.39. The van der Waals surface area contributed by atoms with Crippen LogP contribution in [0.15, 0.2) is 56.3 Å². The molecule has 2 amide bonds. The predicted molar refractivity (Wildman–Crippen MR) is 130 cm³/mol. The molecule has 0 spiro atoms. The summed E-state index contributed by atoms with van der Waals surface area (Å²) in [5.41, 5.74) is 1.70. The van der Waals surface area contributed by atoms with Crippen LogP contribution < -0.4 is 10.5 Å². The molecule has 0 bridgehead atoms. The van der Waals surface area contributed by atoms with Crippen molar-refractivity contribution in [3.05, 3.63) is 64.4 Å². The highest BCUT2D eigenvalue weighted by molar-refractivity contribution is 5.96. The molecule has 0 N–H and O–H groups in total. The van der Waals surface area contributed by atoms with E-state index >= 15 is 0 Å². The van der Waals surface area contributed by atoms with Crippen LogP contribution >= 0.6 is 0 Å². The Morgan fingerprint density at radius 2 is 1.88 bits per heavy atom. The molecule has 0 unspecified atom stereocenters. The maximum atomic E-state index is 13.2. The first-order chi connectivity index (χ1) is 16.5. The van der Waals surface area contributed by atoms with Crippen LogP contribution in [0.25, 0.3) is 11.0 Å². The Balaban J connectivity index is 1.38. The van der Waals surface area contributed by atoms with E-state index in [-0.39, 0.29) is 11.8 Å². The van der Waals surface area contributed by atoms with Gasteiger partial charge in [0.2, 0.25) is 5.91 Å². The minimum absolute atomic E-state index is 0.0388. The molecule has 8 nitrogen and oxygen atoms in total. The number of unbranched alkanes of at least 4 members (excludes halogenated alkanes) is 1. The summed E-state index contributed by atoms with van der Waals surface area (Å²) in [6.45, 7) is 7.86. The summed E-state index contributed by atoms with van der Waals surface area (Å²) in [5.74, 6) is 0.304. The number of amides is 2. The molecule has 1 fully saturated rings. The molecule has 0 aliphatic carbocycles. The summed E-state index contributed by atoms with van der Waals surface area (Å²) >= 11 is 0. The van der Waals surface area contributed by atoms with Gasteiger partial charge in [0.1, 0.15) is 5.58 Å². The van der Waals surface area contributed by atoms with E-state index in [1.54, 1.807) is 28.0 Å². The van der Waals surface area contributed by atoms with Crippen molar-refractivity contribution in [1.29, 1.82) is 0 Å². The average Bonchev–Trinajstić information content (AvgIpc) is 3.37. The zero-order valence-electron chi connectivity index (χ0n) is 19.8. The second-order valence-corrected chi connectivity index (χ2v) is 8.69. The van der Waals surface area contributed by atoms with Gasteiger partial charge in [-0.2, -0.15) is 0 Å². The van der Waals surface area contributed by atoms with Gasteiger partial charge in [-0.25, -0.2) is 4.79 Å². The molecule has 180 valence electrons. The molecular weight excluding hydrogens is 434 g/mol. The normalized spacial score (nSPS) is 14.5. The summed E-state index contributed by atoms with van der Waals surface area (Å²) in [6, 6.07) is 10.5. The number of aryl methyl sites for hydroxylation is 1. The molecule has 8 heteroatoms. The van der Waals surface area contributed by atoms with Crippen molar-refractivity contribution in [3.8, 4) is 0 Å². The van der Waals surface area contributed by atoms with E-state index in [1.807, 2.05) is 19.1 Å². The fraction of sp³-hybridized carbons (Fsp3) is 0.423. The first-order valence-corrected chi connectivity index (χ1v) is 11.9. The maximum Gasteiger partial charge on any atom is 0.336 e. The van der Waals surface area contributed by atoms with E-state index in [2.05, 4.69) is 11.8 Å². The van der Waals surface area contributed by atoms with E-state index < -0.39 is 5.63 Å². The number of anilines is 1. The molecule has 3 aromatic rings. The molecular formula is C26H31N3O5. The minimum Gasteiger partial charge on any atom is -0.459 e. The highest BCUT2D eigenvalue weighted by atomic mass is 16.4. The van der Waals surface area contributed by atoms with Gasteiger partial charge in [0, 0.05) is 68.9 Å². The summed E-state index contributed by atoms with van der Waals surface area (Å²) in [7, 11) is 0. The fourth-order valence-electron chi connectivity index (χ4n) is 4.31. The molecule has 4 rings (SSSR count). The van der Waals surface area contributed by atoms with Crippen LogP contribution in [-0.4, -0.2) is 60.9 Å². The standard InChI is InChI=1S/C26H31N3O5/c1-3-4-10-29(20-7-8-21-19(2)17-25(31)34-23(21)18-20)24(30)9-11-27-12-14-28(15-13-27)26(32)22-6-5-16-33-22/h5-8,16-18H,3-4,9-15H2,1-2H3. The predicted octanol–water partition coefficient (Wildman–Crippen LogP) is 3.68. The van der Waals surface area contributed by atoms with Gasteiger partial charge in [0.05, 0.1) is 6.26 Å². The van der Waals surface area contributed by atoms with Crippen LogP contribution in [0.2, 0.25) is 0 Å². The number of furan rings is 1. The molecule has 1 aromatic carbocycles. The van der Waals surface area contributed by atoms with Crippen molar-refractivity contribution < 1.29 is 18.4 Å². The van der Waals surface area contributed by atoms with Crippen LogP contribution in [0, 0.1) is 6.92 Å². The van der Waals surface area contributed by atoms with Gasteiger partial charge < -0.3 is 18.6 Å².